The molecule has 6 nitrogen and oxygen atoms in total. The minimum Gasteiger partial charge on any atom is -0.494 e. The summed E-state index contributed by atoms with van der Waals surface area (Å²) in [6.45, 7) is 4.15. The summed E-state index contributed by atoms with van der Waals surface area (Å²) in [4.78, 5) is 23.7. The quantitative estimate of drug-likeness (QED) is 0.667. The van der Waals surface area contributed by atoms with Crippen molar-refractivity contribution in [3.63, 3.8) is 0 Å². The topological polar surface area (TPSA) is 76.7 Å². The second kappa shape index (κ2) is 10.2. The van der Waals surface area contributed by atoms with E-state index in [1.54, 1.807) is 44.2 Å². The van der Waals surface area contributed by atoms with E-state index in [0.29, 0.717) is 30.2 Å². The molecule has 2 N–H and O–H groups in total. The predicted octanol–water partition coefficient (Wildman–Crippen LogP) is 4.50. The number of anilines is 2. The van der Waals surface area contributed by atoms with Crippen LogP contribution in [0.2, 0.25) is 0 Å². The Labute approximate surface area is 157 Å². The summed E-state index contributed by atoms with van der Waals surface area (Å²) in [5.74, 6) is 0.0799. The summed E-state index contributed by atoms with van der Waals surface area (Å²) in [5, 5.41) is 5.47. The smallest absolute Gasteiger partial charge is 0.411 e. The highest BCUT2D eigenvalue weighted by Crippen LogP contribution is 2.23. The number of benzene rings is 2. The maximum atomic E-state index is 12.8. The van der Waals surface area contributed by atoms with Gasteiger partial charge in [0.1, 0.15) is 11.6 Å². The summed E-state index contributed by atoms with van der Waals surface area (Å²) >= 11 is 0. The van der Waals surface area contributed by atoms with Gasteiger partial charge < -0.3 is 14.8 Å². The van der Waals surface area contributed by atoms with Gasteiger partial charge in [-0.05, 0) is 62.2 Å². The number of rotatable bonds is 8. The van der Waals surface area contributed by atoms with Gasteiger partial charge in [-0.25, -0.2) is 9.18 Å². The van der Waals surface area contributed by atoms with E-state index in [2.05, 4.69) is 10.6 Å². The molecule has 0 unspecified atom stereocenters. The second-order valence-corrected chi connectivity index (χ2v) is 5.78. The molecular formula is C20H23FN2O4. The van der Waals surface area contributed by atoms with E-state index in [0.717, 1.165) is 5.56 Å². The van der Waals surface area contributed by atoms with Crippen molar-refractivity contribution in [3.8, 4) is 5.75 Å². The van der Waals surface area contributed by atoms with Crippen LogP contribution in [0.15, 0.2) is 42.5 Å². The molecule has 0 saturated carbocycles. The number of carbonyl (C=O) groups is 2. The van der Waals surface area contributed by atoms with Crippen LogP contribution in [0.5, 0.6) is 5.75 Å². The van der Waals surface area contributed by atoms with Crippen molar-refractivity contribution in [3.05, 3.63) is 53.8 Å². The van der Waals surface area contributed by atoms with Crippen molar-refractivity contribution in [2.24, 2.45) is 0 Å². The Morgan fingerprint density at radius 2 is 1.70 bits per heavy atom. The molecule has 2 amide bonds. The molecule has 0 saturated heterocycles. The predicted molar refractivity (Wildman–Crippen MR) is 102 cm³/mol. The molecule has 0 aliphatic rings. The number of nitrogens with one attached hydrogen (secondary N) is 2. The largest absolute Gasteiger partial charge is 0.494 e. The minimum atomic E-state index is -0.540. The molecule has 0 spiro atoms. The number of carbonyl (C=O) groups excluding carboxylic acids is 2. The van der Waals surface area contributed by atoms with Crippen molar-refractivity contribution in [1.29, 1.82) is 0 Å². The summed E-state index contributed by atoms with van der Waals surface area (Å²) in [6, 6.07) is 11.0. The lowest BCUT2D eigenvalue weighted by Gasteiger charge is -2.13. The fourth-order valence-electron chi connectivity index (χ4n) is 2.35. The van der Waals surface area contributed by atoms with Crippen LogP contribution in [-0.2, 0) is 9.53 Å². The van der Waals surface area contributed by atoms with Gasteiger partial charge >= 0.3 is 6.09 Å². The lowest BCUT2D eigenvalue weighted by atomic mass is 10.1. The first-order valence-electron chi connectivity index (χ1n) is 8.71. The van der Waals surface area contributed by atoms with Gasteiger partial charge in [-0.1, -0.05) is 6.07 Å². The molecule has 0 aliphatic heterocycles. The summed E-state index contributed by atoms with van der Waals surface area (Å²) < 4.78 is 23.1. The number of hydrogen-bond donors (Lipinski definition) is 2. The fraction of sp³-hybridized carbons (Fsp3) is 0.300. The van der Waals surface area contributed by atoms with Gasteiger partial charge in [0, 0.05) is 17.8 Å². The van der Waals surface area contributed by atoms with E-state index >= 15 is 0 Å². The molecule has 0 bridgehead atoms. The Kier molecular flexibility index (Phi) is 7.61. The molecule has 2 rings (SSSR count). The fourth-order valence-corrected chi connectivity index (χ4v) is 2.35. The van der Waals surface area contributed by atoms with Crippen LogP contribution >= 0.6 is 0 Å². The van der Waals surface area contributed by atoms with Gasteiger partial charge in [0.05, 0.1) is 13.2 Å². The number of amides is 2. The zero-order chi connectivity index (χ0) is 19.6. The lowest BCUT2D eigenvalue weighted by molar-refractivity contribution is -0.116. The molecule has 0 fully saturated rings. The zero-order valence-corrected chi connectivity index (χ0v) is 15.4. The van der Waals surface area contributed by atoms with Crippen LogP contribution in [0.3, 0.4) is 0 Å². The van der Waals surface area contributed by atoms with Crippen LogP contribution in [0.1, 0.15) is 25.3 Å². The summed E-state index contributed by atoms with van der Waals surface area (Å²) in [6.07, 6.45) is 0.251. The lowest BCUT2D eigenvalue weighted by Crippen LogP contribution is -2.16. The van der Waals surface area contributed by atoms with Gasteiger partial charge in [-0.2, -0.15) is 0 Å². The standard InChI is InChI=1S/C20H23FN2O4/c1-3-26-20(25)23-18-7-4-6-17(14(18)2)22-19(24)8-5-13-27-16-11-9-15(21)10-12-16/h4,6-7,9-12H,3,5,8,13H2,1-2H3,(H,22,24)(H,23,25). The Bertz CT molecular complexity index is 778. The average molecular weight is 374 g/mol. The molecule has 2 aromatic carbocycles. The molecule has 7 heteroatoms. The van der Waals surface area contributed by atoms with Crippen LogP contribution in [0.4, 0.5) is 20.6 Å². The summed E-state index contributed by atoms with van der Waals surface area (Å²) in [5.41, 5.74) is 1.93. The number of ether oxygens (including phenoxy) is 2. The van der Waals surface area contributed by atoms with E-state index in [1.807, 2.05) is 0 Å². The first-order valence-corrected chi connectivity index (χ1v) is 8.71. The third kappa shape index (κ3) is 6.62. The maximum absolute atomic E-state index is 12.8. The van der Waals surface area contributed by atoms with Gasteiger partial charge in [0.2, 0.25) is 5.91 Å². The highest BCUT2D eigenvalue weighted by Gasteiger charge is 2.10. The normalized spacial score (nSPS) is 10.2. The van der Waals surface area contributed by atoms with Gasteiger partial charge in [0.15, 0.2) is 0 Å². The van der Waals surface area contributed by atoms with Crippen LogP contribution in [0.25, 0.3) is 0 Å². The van der Waals surface area contributed by atoms with Crippen LogP contribution in [0, 0.1) is 12.7 Å². The van der Waals surface area contributed by atoms with Crippen molar-refractivity contribution in [1.82, 2.24) is 0 Å². The van der Waals surface area contributed by atoms with Crippen molar-refractivity contribution in [2.45, 2.75) is 26.7 Å². The van der Waals surface area contributed by atoms with E-state index in [4.69, 9.17) is 9.47 Å². The van der Waals surface area contributed by atoms with Crippen LogP contribution in [-0.4, -0.2) is 25.2 Å². The van der Waals surface area contributed by atoms with Crippen molar-refractivity contribution >= 4 is 23.4 Å². The number of halogens is 1. The third-order valence-electron chi connectivity index (χ3n) is 3.75. The molecule has 0 radical (unpaired) electrons. The van der Waals surface area contributed by atoms with E-state index in [1.165, 1.54) is 12.1 Å². The van der Waals surface area contributed by atoms with Crippen LogP contribution < -0.4 is 15.4 Å². The van der Waals surface area contributed by atoms with Gasteiger partial charge in [-0.3, -0.25) is 10.1 Å². The van der Waals surface area contributed by atoms with E-state index in [-0.39, 0.29) is 24.8 Å². The van der Waals surface area contributed by atoms with E-state index in [9.17, 15) is 14.0 Å². The second-order valence-electron chi connectivity index (χ2n) is 5.78. The highest BCUT2D eigenvalue weighted by atomic mass is 19.1. The molecule has 144 valence electrons. The Morgan fingerprint density at radius 3 is 2.37 bits per heavy atom. The molecule has 0 aliphatic carbocycles. The first kappa shape index (κ1) is 20.2. The highest BCUT2D eigenvalue weighted by molar-refractivity contribution is 5.94. The van der Waals surface area contributed by atoms with Gasteiger partial charge in [-0.15, -0.1) is 0 Å². The number of hydrogen-bond acceptors (Lipinski definition) is 4. The Balaban J connectivity index is 1.81. The zero-order valence-electron chi connectivity index (χ0n) is 15.4. The molecular weight excluding hydrogens is 351 g/mol. The van der Waals surface area contributed by atoms with E-state index < -0.39 is 6.09 Å². The minimum absolute atomic E-state index is 0.158. The molecule has 0 aromatic heterocycles. The van der Waals surface area contributed by atoms with Crippen molar-refractivity contribution in [2.75, 3.05) is 23.8 Å². The molecule has 27 heavy (non-hydrogen) atoms. The average Bonchev–Trinajstić information content (AvgIpc) is 2.64. The van der Waals surface area contributed by atoms with Gasteiger partial charge in [0.25, 0.3) is 0 Å². The molecule has 2 aromatic rings. The maximum Gasteiger partial charge on any atom is 0.411 e. The molecule has 0 heterocycles. The Morgan fingerprint density at radius 1 is 1.04 bits per heavy atom. The monoisotopic (exact) mass is 374 g/mol. The first-order chi connectivity index (χ1) is 13.0. The SMILES string of the molecule is CCOC(=O)Nc1cccc(NC(=O)CCCOc2ccc(F)cc2)c1C. The van der Waals surface area contributed by atoms with Crippen molar-refractivity contribution < 1.29 is 23.5 Å². The molecule has 0 atom stereocenters. The Hall–Kier alpha value is -3.09. The third-order valence-corrected chi connectivity index (χ3v) is 3.75. The summed E-state index contributed by atoms with van der Waals surface area (Å²) in [7, 11) is 0.